The molecule has 0 saturated carbocycles. The van der Waals surface area contributed by atoms with E-state index in [9.17, 15) is 4.79 Å². The van der Waals surface area contributed by atoms with E-state index in [1.807, 2.05) is 11.9 Å². The average molecular weight is 235 g/mol. The number of hydrogen-bond acceptors (Lipinski definition) is 3. The lowest BCUT2D eigenvalue weighted by Crippen LogP contribution is -2.31. The van der Waals surface area contributed by atoms with Crippen LogP contribution in [0.1, 0.15) is 31.1 Å². The first-order chi connectivity index (χ1) is 7.70. The molecule has 0 bridgehead atoms. The zero-order valence-corrected chi connectivity index (χ0v) is 10.9. The van der Waals surface area contributed by atoms with E-state index in [1.54, 1.807) is 18.2 Å². The van der Waals surface area contributed by atoms with Crippen LogP contribution in [0.4, 0.5) is 11.4 Å². The number of carbonyl (C=O) groups is 1. The van der Waals surface area contributed by atoms with Gasteiger partial charge in [0.25, 0.3) is 5.91 Å². The number of hydrogen-bond donors (Lipinski definition) is 2. The van der Waals surface area contributed by atoms with E-state index in [1.165, 1.54) is 0 Å². The Kier molecular flexibility index (Phi) is 3.66. The Morgan fingerprint density at radius 2 is 1.94 bits per heavy atom. The normalized spacial score (nSPS) is 11.3. The molecule has 1 aromatic rings. The van der Waals surface area contributed by atoms with Crippen molar-refractivity contribution in [1.82, 2.24) is 0 Å². The molecule has 17 heavy (non-hydrogen) atoms. The van der Waals surface area contributed by atoms with Crippen LogP contribution >= 0.6 is 0 Å². The van der Waals surface area contributed by atoms with Crippen LogP contribution in [0, 0.1) is 5.41 Å². The van der Waals surface area contributed by atoms with Gasteiger partial charge in [0.1, 0.15) is 0 Å². The SMILES string of the molecule is CN(CC(C)(C)C)c1cc(N)ccc1C(N)=O. The lowest BCUT2D eigenvalue weighted by atomic mass is 9.95. The van der Waals surface area contributed by atoms with Gasteiger partial charge >= 0.3 is 0 Å². The van der Waals surface area contributed by atoms with E-state index in [-0.39, 0.29) is 5.41 Å². The van der Waals surface area contributed by atoms with Crippen molar-refractivity contribution in [2.24, 2.45) is 11.1 Å². The third-order valence-electron chi connectivity index (χ3n) is 2.41. The van der Waals surface area contributed by atoms with E-state index in [0.717, 1.165) is 12.2 Å². The van der Waals surface area contributed by atoms with E-state index in [4.69, 9.17) is 11.5 Å². The highest BCUT2D eigenvalue weighted by Crippen LogP contribution is 2.25. The molecule has 1 aromatic carbocycles. The van der Waals surface area contributed by atoms with Gasteiger partial charge in [-0.25, -0.2) is 0 Å². The highest BCUT2D eigenvalue weighted by atomic mass is 16.1. The number of carbonyl (C=O) groups excluding carboxylic acids is 1. The minimum Gasteiger partial charge on any atom is -0.399 e. The fourth-order valence-corrected chi connectivity index (χ4v) is 1.87. The molecule has 0 spiro atoms. The number of nitrogens with two attached hydrogens (primary N) is 2. The average Bonchev–Trinajstić information content (AvgIpc) is 2.14. The van der Waals surface area contributed by atoms with Crippen molar-refractivity contribution in [3.8, 4) is 0 Å². The van der Waals surface area contributed by atoms with Crippen LogP contribution < -0.4 is 16.4 Å². The molecule has 1 amide bonds. The predicted octanol–water partition coefficient (Wildman–Crippen LogP) is 1.85. The Labute approximate surface area is 103 Å². The highest BCUT2D eigenvalue weighted by Gasteiger charge is 2.18. The van der Waals surface area contributed by atoms with Gasteiger partial charge in [0.15, 0.2) is 0 Å². The van der Waals surface area contributed by atoms with E-state index in [0.29, 0.717) is 11.3 Å². The van der Waals surface area contributed by atoms with Crippen LogP contribution in [0.2, 0.25) is 0 Å². The monoisotopic (exact) mass is 235 g/mol. The number of amides is 1. The Morgan fingerprint density at radius 3 is 2.41 bits per heavy atom. The molecule has 0 aliphatic rings. The molecule has 4 nitrogen and oxygen atoms in total. The van der Waals surface area contributed by atoms with Crippen molar-refractivity contribution in [3.05, 3.63) is 23.8 Å². The zero-order chi connectivity index (χ0) is 13.2. The van der Waals surface area contributed by atoms with Crippen molar-refractivity contribution in [3.63, 3.8) is 0 Å². The van der Waals surface area contributed by atoms with Crippen LogP contribution in [0.3, 0.4) is 0 Å². The fraction of sp³-hybridized carbons (Fsp3) is 0.462. The standard InChI is InChI=1S/C13H21N3O/c1-13(2,3)8-16(4)11-7-9(14)5-6-10(11)12(15)17/h5-7H,8,14H2,1-4H3,(H2,15,17). The summed E-state index contributed by atoms with van der Waals surface area (Å²) >= 11 is 0. The van der Waals surface area contributed by atoms with E-state index in [2.05, 4.69) is 20.8 Å². The van der Waals surface area contributed by atoms with Crippen molar-refractivity contribution < 1.29 is 4.79 Å². The van der Waals surface area contributed by atoms with E-state index < -0.39 is 5.91 Å². The number of primary amides is 1. The summed E-state index contributed by atoms with van der Waals surface area (Å²) in [5.41, 5.74) is 13.2. The zero-order valence-electron chi connectivity index (χ0n) is 10.9. The lowest BCUT2D eigenvalue weighted by Gasteiger charge is -2.29. The van der Waals surface area contributed by atoms with Gasteiger partial charge in [-0.05, 0) is 23.6 Å². The maximum atomic E-state index is 11.4. The fourth-order valence-electron chi connectivity index (χ4n) is 1.87. The summed E-state index contributed by atoms with van der Waals surface area (Å²) in [6, 6.07) is 5.15. The number of benzene rings is 1. The second kappa shape index (κ2) is 4.65. The number of anilines is 2. The van der Waals surface area contributed by atoms with Crippen LogP contribution in [0.15, 0.2) is 18.2 Å². The summed E-state index contributed by atoms with van der Waals surface area (Å²) in [7, 11) is 1.94. The second-order valence-corrected chi connectivity index (χ2v) is 5.56. The maximum absolute atomic E-state index is 11.4. The molecule has 4 heteroatoms. The van der Waals surface area contributed by atoms with Gasteiger partial charge in [0, 0.05) is 19.3 Å². The molecule has 0 aliphatic heterocycles. The van der Waals surface area contributed by atoms with Crippen molar-refractivity contribution in [2.45, 2.75) is 20.8 Å². The highest BCUT2D eigenvalue weighted by molar-refractivity contribution is 5.99. The number of nitrogen functional groups attached to an aromatic ring is 1. The molecule has 94 valence electrons. The first-order valence-corrected chi connectivity index (χ1v) is 5.61. The Balaban J connectivity index is 3.10. The maximum Gasteiger partial charge on any atom is 0.250 e. The van der Waals surface area contributed by atoms with Crippen molar-refractivity contribution in [2.75, 3.05) is 24.2 Å². The minimum atomic E-state index is -0.430. The third-order valence-corrected chi connectivity index (χ3v) is 2.41. The van der Waals surface area contributed by atoms with Gasteiger partial charge in [-0.2, -0.15) is 0 Å². The summed E-state index contributed by atoms with van der Waals surface area (Å²) in [6.07, 6.45) is 0. The van der Waals surface area contributed by atoms with Crippen LogP contribution in [-0.2, 0) is 0 Å². The van der Waals surface area contributed by atoms with Gasteiger partial charge in [-0.15, -0.1) is 0 Å². The van der Waals surface area contributed by atoms with Crippen LogP contribution in [0.25, 0.3) is 0 Å². The van der Waals surface area contributed by atoms with Crippen LogP contribution in [0.5, 0.6) is 0 Å². The van der Waals surface area contributed by atoms with Gasteiger partial charge < -0.3 is 16.4 Å². The summed E-state index contributed by atoms with van der Waals surface area (Å²) in [5.74, 6) is -0.430. The smallest absolute Gasteiger partial charge is 0.250 e. The Hall–Kier alpha value is -1.71. The summed E-state index contributed by atoms with van der Waals surface area (Å²) in [5, 5.41) is 0. The summed E-state index contributed by atoms with van der Waals surface area (Å²) in [4.78, 5) is 13.4. The van der Waals surface area contributed by atoms with Gasteiger partial charge in [0.2, 0.25) is 0 Å². The van der Waals surface area contributed by atoms with Crippen LogP contribution in [-0.4, -0.2) is 19.5 Å². The quantitative estimate of drug-likeness (QED) is 0.785. The van der Waals surface area contributed by atoms with Gasteiger partial charge in [-0.1, -0.05) is 20.8 Å². The predicted molar refractivity (Wildman–Crippen MR) is 72.1 cm³/mol. The van der Waals surface area contributed by atoms with E-state index >= 15 is 0 Å². The first-order valence-electron chi connectivity index (χ1n) is 5.61. The lowest BCUT2D eigenvalue weighted by molar-refractivity contribution is 0.100. The molecule has 0 saturated heterocycles. The molecule has 4 N–H and O–H groups in total. The molecule has 1 rings (SSSR count). The topological polar surface area (TPSA) is 72.3 Å². The number of rotatable bonds is 3. The Morgan fingerprint density at radius 1 is 1.35 bits per heavy atom. The summed E-state index contributed by atoms with van der Waals surface area (Å²) < 4.78 is 0. The molecule has 0 unspecified atom stereocenters. The largest absolute Gasteiger partial charge is 0.399 e. The molecular weight excluding hydrogens is 214 g/mol. The molecular formula is C13H21N3O. The Bertz CT molecular complexity index is 421. The molecule has 0 aliphatic carbocycles. The van der Waals surface area contributed by atoms with Crippen molar-refractivity contribution >= 4 is 17.3 Å². The molecule has 0 heterocycles. The second-order valence-electron chi connectivity index (χ2n) is 5.56. The van der Waals surface area contributed by atoms with Crippen molar-refractivity contribution in [1.29, 1.82) is 0 Å². The van der Waals surface area contributed by atoms with Gasteiger partial charge in [0.05, 0.1) is 11.3 Å². The number of nitrogens with zero attached hydrogens (tertiary/aromatic N) is 1. The van der Waals surface area contributed by atoms with Gasteiger partial charge in [-0.3, -0.25) is 4.79 Å². The molecule has 0 radical (unpaired) electrons. The minimum absolute atomic E-state index is 0.133. The molecule has 0 atom stereocenters. The summed E-state index contributed by atoms with van der Waals surface area (Å²) in [6.45, 7) is 7.23. The molecule has 0 aromatic heterocycles. The molecule has 0 fully saturated rings. The first kappa shape index (κ1) is 13.4. The third kappa shape index (κ3) is 3.66.